The normalized spacial score (nSPS) is 14.4. The van der Waals surface area contributed by atoms with E-state index in [1.165, 1.54) is 0 Å². The van der Waals surface area contributed by atoms with Crippen molar-refractivity contribution >= 4 is 6.09 Å². The second kappa shape index (κ2) is 5.50. The van der Waals surface area contributed by atoms with E-state index < -0.39 is 11.7 Å². The average molecular weight is 232 g/mol. The Bertz CT molecular complexity index is 228. The second-order valence-corrected chi connectivity index (χ2v) is 5.81. The minimum atomic E-state index is -0.602. The third-order valence-electron chi connectivity index (χ3n) is 1.86. The average Bonchev–Trinajstić information content (AvgIpc) is 1.98. The SMILES string of the molecule is CC(C)(C)OC(=O)NOC(CN)C(C)(C)C. The Balaban J connectivity index is 4.09. The van der Waals surface area contributed by atoms with Gasteiger partial charge in [-0.15, -0.1) is 0 Å². The number of ether oxygens (including phenoxy) is 1. The molecule has 0 heterocycles. The number of hydrogen-bond donors (Lipinski definition) is 2. The standard InChI is InChI=1S/C11H24N2O3/c1-10(2,3)8(7-12)16-13-9(14)15-11(4,5)6/h8H,7,12H2,1-6H3,(H,13,14). The summed E-state index contributed by atoms with van der Waals surface area (Å²) in [6.07, 6.45) is -0.852. The summed E-state index contributed by atoms with van der Waals surface area (Å²) in [5, 5.41) is 0. The Kier molecular flexibility index (Phi) is 5.22. The first kappa shape index (κ1) is 15.2. The minimum absolute atomic E-state index is 0.135. The summed E-state index contributed by atoms with van der Waals surface area (Å²) in [6, 6.07) is 0. The zero-order valence-electron chi connectivity index (χ0n) is 11.1. The topological polar surface area (TPSA) is 73.6 Å². The summed E-state index contributed by atoms with van der Waals surface area (Å²) in [7, 11) is 0. The van der Waals surface area contributed by atoms with Crippen LogP contribution in [0.15, 0.2) is 0 Å². The van der Waals surface area contributed by atoms with Crippen LogP contribution in [0.3, 0.4) is 0 Å². The highest BCUT2D eigenvalue weighted by atomic mass is 16.7. The van der Waals surface area contributed by atoms with Crippen molar-refractivity contribution in [2.75, 3.05) is 6.54 Å². The van der Waals surface area contributed by atoms with Gasteiger partial charge < -0.3 is 10.5 Å². The van der Waals surface area contributed by atoms with Gasteiger partial charge in [-0.3, -0.25) is 4.84 Å². The Morgan fingerprint density at radius 2 is 1.75 bits per heavy atom. The van der Waals surface area contributed by atoms with Crippen molar-refractivity contribution in [2.24, 2.45) is 11.1 Å². The molecule has 3 N–H and O–H groups in total. The van der Waals surface area contributed by atoms with Crippen LogP contribution in [0.4, 0.5) is 4.79 Å². The van der Waals surface area contributed by atoms with Gasteiger partial charge in [-0.25, -0.2) is 4.79 Å². The Morgan fingerprint density at radius 3 is 2.06 bits per heavy atom. The van der Waals surface area contributed by atoms with Gasteiger partial charge in [0.15, 0.2) is 0 Å². The van der Waals surface area contributed by atoms with Crippen molar-refractivity contribution in [2.45, 2.75) is 53.2 Å². The molecule has 5 nitrogen and oxygen atoms in total. The predicted molar refractivity (Wildman–Crippen MR) is 62.8 cm³/mol. The Labute approximate surface area is 97.6 Å². The number of hydroxylamine groups is 1. The molecule has 0 saturated heterocycles. The number of amides is 1. The Hall–Kier alpha value is -0.810. The fraction of sp³-hybridized carbons (Fsp3) is 0.909. The van der Waals surface area contributed by atoms with Crippen molar-refractivity contribution in [1.29, 1.82) is 0 Å². The molecular weight excluding hydrogens is 208 g/mol. The van der Waals surface area contributed by atoms with Gasteiger partial charge in [0.25, 0.3) is 0 Å². The molecule has 5 heteroatoms. The molecule has 1 unspecified atom stereocenters. The van der Waals surface area contributed by atoms with Crippen LogP contribution in [-0.4, -0.2) is 24.3 Å². The van der Waals surface area contributed by atoms with Crippen LogP contribution in [0.5, 0.6) is 0 Å². The number of nitrogens with two attached hydrogens (primary N) is 1. The minimum Gasteiger partial charge on any atom is -0.442 e. The highest BCUT2D eigenvalue weighted by molar-refractivity contribution is 5.66. The summed E-state index contributed by atoms with van der Waals surface area (Å²) in [5.74, 6) is 0. The molecule has 1 atom stereocenters. The lowest BCUT2D eigenvalue weighted by Gasteiger charge is -2.29. The molecule has 16 heavy (non-hydrogen) atoms. The predicted octanol–water partition coefficient (Wildman–Crippen LogP) is 1.82. The van der Waals surface area contributed by atoms with Gasteiger partial charge in [0.1, 0.15) is 11.7 Å². The van der Waals surface area contributed by atoms with E-state index in [0.717, 1.165) is 0 Å². The van der Waals surface area contributed by atoms with E-state index in [4.69, 9.17) is 15.3 Å². The zero-order chi connectivity index (χ0) is 13.0. The van der Waals surface area contributed by atoms with E-state index in [-0.39, 0.29) is 11.5 Å². The summed E-state index contributed by atoms with van der Waals surface area (Å²) < 4.78 is 5.03. The monoisotopic (exact) mass is 232 g/mol. The number of rotatable bonds is 3. The third-order valence-corrected chi connectivity index (χ3v) is 1.86. The molecule has 0 aromatic rings. The van der Waals surface area contributed by atoms with E-state index >= 15 is 0 Å². The van der Waals surface area contributed by atoms with Crippen LogP contribution >= 0.6 is 0 Å². The molecular formula is C11H24N2O3. The lowest BCUT2D eigenvalue weighted by atomic mass is 9.89. The van der Waals surface area contributed by atoms with Gasteiger partial charge in [0, 0.05) is 6.54 Å². The van der Waals surface area contributed by atoms with Gasteiger partial charge in [0.2, 0.25) is 0 Å². The zero-order valence-corrected chi connectivity index (χ0v) is 11.1. The van der Waals surface area contributed by atoms with Gasteiger partial charge in [-0.2, -0.15) is 5.48 Å². The molecule has 96 valence electrons. The summed E-state index contributed by atoms with van der Waals surface area (Å²) in [4.78, 5) is 16.5. The highest BCUT2D eigenvalue weighted by Gasteiger charge is 2.26. The van der Waals surface area contributed by atoms with Crippen LogP contribution in [-0.2, 0) is 9.57 Å². The van der Waals surface area contributed by atoms with Gasteiger partial charge in [0.05, 0.1) is 0 Å². The largest absolute Gasteiger partial charge is 0.442 e. The Morgan fingerprint density at radius 1 is 1.25 bits per heavy atom. The van der Waals surface area contributed by atoms with E-state index in [0.29, 0.717) is 6.54 Å². The van der Waals surface area contributed by atoms with Crippen molar-refractivity contribution < 1.29 is 14.4 Å². The fourth-order valence-electron chi connectivity index (χ4n) is 0.997. The van der Waals surface area contributed by atoms with Gasteiger partial charge in [-0.1, -0.05) is 20.8 Å². The van der Waals surface area contributed by atoms with Gasteiger partial charge >= 0.3 is 6.09 Å². The lowest BCUT2D eigenvalue weighted by Crippen LogP contribution is -2.43. The molecule has 0 aliphatic carbocycles. The van der Waals surface area contributed by atoms with Crippen molar-refractivity contribution in [3.05, 3.63) is 0 Å². The maximum Gasteiger partial charge on any atom is 0.431 e. The molecule has 0 radical (unpaired) electrons. The van der Waals surface area contributed by atoms with Gasteiger partial charge in [-0.05, 0) is 26.2 Å². The summed E-state index contributed by atoms with van der Waals surface area (Å²) >= 11 is 0. The first-order chi connectivity index (χ1) is 7.06. The lowest BCUT2D eigenvalue weighted by molar-refractivity contribution is -0.0762. The quantitative estimate of drug-likeness (QED) is 0.728. The highest BCUT2D eigenvalue weighted by Crippen LogP contribution is 2.20. The van der Waals surface area contributed by atoms with Crippen LogP contribution in [0.2, 0.25) is 0 Å². The van der Waals surface area contributed by atoms with E-state index in [2.05, 4.69) is 5.48 Å². The fourth-order valence-corrected chi connectivity index (χ4v) is 0.997. The first-order valence-electron chi connectivity index (χ1n) is 5.41. The smallest absolute Gasteiger partial charge is 0.431 e. The summed E-state index contributed by atoms with van der Waals surface area (Å²) in [6.45, 7) is 11.7. The molecule has 0 saturated carbocycles. The van der Waals surface area contributed by atoms with Crippen LogP contribution < -0.4 is 11.2 Å². The maximum atomic E-state index is 11.3. The number of nitrogens with one attached hydrogen (secondary N) is 1. The molecule has 1 amide bonds. The number of carbonyl (C=O) groups is 1. The maximum absolute atomic E-state index is 11.3. The van der Waals surface area contributed by atoms with Crippen LogP contribution in [0.25, 0.3) is 0 Å². The molecule has 0 rings (SSSR count). The van der Waals surface area contributed by atoms with Crippen molar-refractivity contribution in [3.63, 3.8) is 0 Å². The number of hydrogen-bond acceptors (Lipinski definition) is 4. The van der Waals surface area contributed by atoms with E-state index in [9.17, 15) is 4.79 Å². The molecule has 0 aliphatic heterocycles. The van der Waals surface area contributed by atoms with E-state index in [1.807, 2.05) is 20.8 Å². The molecule has 0 bridgehead atoms. The molecule has 0 aliphatic rings. The second-order valence-electron chi connectivity index (χ2n) is 5.81. The number of carbonyl (C=O) groups excluding carboxylic acids is 1. The first-order valence-corrected chi connectivity index (χ1v) is 5.41. The molecule has 0 spiro atoms. The van der Waals surface area contributed by atoms with Crippen molar-refractivity contribution in [1.82, 2.24) is 5.48 Å². The summed E-state index contributed by atoms with van der Waals surface area (Å²) in [5.41, 5.74) is 7.14. The van der Waals surface area contributed by atoms with Crippen molar-refractivity contribution in [3.8, 4) is 0 Å². The van der Waals surface area contributed by atoms with Crippen LogP contribution in [0, 0.1) is 5.41 Å². The third kappa shape index (κ3) is 6.63. The molecule has 0 aromatic carbocycles. The molecule has 0 aromatic heterocycles. The molecule has 0 fully saturated rings. The van der Waals surface area contributed by atoms with Crippen LogP contribution in [0.1, 0.15) is 41.5 Å². The van der Waals surface area contributed by atoms with E-state index in [1.54, 1.807) is 20.8 Å².